The monoisotopic (exact) mass is 438 g/mol. The first-order valence-corrected chi connectivity index (χ1v) is 11.9. The van der Waals surface area contributed by atoms with Crippen LogP contribution in [0, 0.1) is 32.6 Å². The molecule has 0 atom stereocenters. The molecular weight excluding hydrogens is 400 g/mol. The second-order valence-corrected chi connectivity index (χ2v) is 9.56. The lowest BCUT2D eigenvalue weighted by Gasteiger charge is -2.39. The number of nitrogens with one attached hydrogen (secondary N) is 2. The number of amides is 1. The summed E-state index contributed by atoms with van der Waals surface area (Å²) in [4.78, 5) is 34.9. The van der Waals surface area contributed by atoms with Crippen LogP contribution in [-0.2, 0) is 6.54 Å². The second-order valence-electron chi connectivity index (χ2n) is 9.56. The van der Waals surface area contributed by atoms with Crippen LogP contribution in [0.2, 0.25) is 0 Å². The standard InChI is InChI=1S/C26H38N4O2/c1-7-30(21-10-8-20(9-11-21)16(2)3)24-15-27-13-23(19(24)6)25(31)28-14-22-17(4)12-18(5)29-26(22)32/h12-13,15-16,20-21H,7-11,14H2,1-6H3,(H,28,31)(H,29,32)/t20-,21-. The Balaban J connectivity index is 1.76. The SMILES string of the molecule is CCN(c1cncc(C(=O)NCc2c(C)cc(C)[nH]c2=O)c1C)[C@H]1CC[C@H](C(C)C)CC1. The molecule has 1 saturated carbocycles. The van der Waals surface area contributed by atoms with Crippen LogP contribution in [0.4, 0.5) is 5.69 Å². The minimum absolute atomic E-state index is 0.152. The largest absolute Gasteiger partial charge is 0.367 e. The van der Waals surface area contributed by atoms with Crippen molar-refractivity contribution in [2.45, 2.75) is 79.8 Å². The summed E-state index contributed by atoms with van der Waals surface area (Å²) in [5.41, 5.74) is 4.68. The first-order chi connectivity index (χ1) is 15.2. The summed E-state index contributed by atoms with van der Waals surface area (Å²) < 4.78 is 0. The van der Waals surface area contributed by atoms with E-state index in [0.717, 1.165) is 40.9 Å². The second kappa shape index (κ2) is 10.3. The van der Waals surface area contributed by atoms with Gasteiger partial charge in [0, 0.05) is 36.6 Å². The van der Waals surface area contributed by atoms with Gasteiger partial charge in [-0.25, -0.2) is 0 Å². The van der Waals surface area contributed by atoms with E-state index in [-0.39, 0.29) is 18.0 Å². The molecule has 1 amide bonds. The molecule has 0 unspecified atom stereocenters. The minimum Gasteiger partial charge on any atom is -0.367 e. The van der Waals surface area contributed by atoms with Crippen LogP contribution in [-0.4, -0.2) is 28.5 Å². The topological polar surface area (TPSA) is 78.1 Å². The number of rotatable bonds is 7. The van der Waals surface area contributed by atoms with Crippen molar-refractivity contribution < 1.29 is 4.79 Å². The lowest BCUT2D eigenvalue weighted by atomic mass is 9.79. The van der Waals surface area contributed by atoms with Crippen LogP contribution < -0.4 is 15.8 Å². The Hall–Kier alpha value is -2.63. The van der Waals surface area contributed by atoms with Gasteiger partial charge in [-0.3, -0.25) is 14.6 Å². The van der Waals surface area contributed by atoms with E-state index < -0.39 is 0 Å². The molecule has 6 nitrogen and oxygen atoms in total. The average molecular weight is 439 g/mol. The van der Waals surface area contributed by atoms with Gasteiger partial charge in [0.05, 0.1) is 17.4 Å². The molecule has 0 saturated heterocycles. The van der Waals surface area contributed by atoms with Crippen molar-refractivity contribution in [1.82, 2.24) is 15.3 Å². The summed E-state index contributed by atoms with van der Waals surface area (Å²) in [5, 5.41) is 2.92. The maximum Gasteiger partial charge on any atom is 0.253 e. The predicted octanol–water partition coefficient (Wildman–Crippen LogP) is 4.67. The summed E-state index contributed by atoms with van der Waals surface area (Å²) in [7, 11) is 0. The van der Waals surface area contributed by atoms with E-state index in [2.05, 4.69) is 41.0 Å². The van der Waals surface area contributed by atoms with Crippen molar-refractivity contribution >= 4 is 11.6 Å². The van der Waals surface area contributed by atoms with Gasteiger partial charge in [-0.05, 0) is 82.4 Å². The number of anilines is 1. The van der Waals surface area contributed by atoms with Crippen LogP contribution in [0.5, 0.6) is 0 Å². The van der Waals surface area contributed by atoms with Gasteiger partial charge in [-0.2, -0.15) is 0 Å². The Morgan fingerprint density at radius 1 is 1.19 bits per heavy atom. The quantitative estimate of drug-likeness (QED) is 0.659. The first-order valence-electron chi connectivity index (χ1n) is 11.9. The molecule has 0 bridgehead atoms. The number of aromatic amines is 1. The first kappa shape index (κ1) is 24.0. The summed E-state index contributed by atoms with van der Waals surface area (Å²) in [6, 6.07) is 2.41. The van der Waals surface area contributed by atoms with E-state index in [0.29, 0.717) is 17.2 Å². The third-order valence-corrected chi connectivity index (χ3v) is 7.13. The van der Waals surface area contributed by atoms with Gasteiger partial charge >= 0.3 is 0 Å². The van der Waals surface area contributed by atoms with E-state index in [4.69, 9.17) is 0 Å². The fourth-order valence-electron chi connectivity index (χ4n) is 5.10. The van der Waals surface area contributed by atoms with Crippen molar-refractivity contribution in [2.24, 2.45) is 11.8 Å². The molecule has 0 aliphatic heterocycles. The normalized spacial score (nSPS) is 18.6. The third kappa shape index (κ3) is 5.22. The zero-order valence-corrected chi connectivity index (χ0v) is 20.4. The van der Waals surface area contributed by atoms with Gasteiger partial charge in [0.25, 0.3) is 11.5 Å². The highest BCUT2D eigenvalue weighted by Gasteiger charge is 2.28. The Bertz CT molecular complexity index is 1000. The number of aromatic nitrogens is 2. The third-order valence-electron chi connectivity index (χ3n) is 7.13. The van der Waals surface area contributed by atoms with Crippen molar-refractivity contribution in [3.05, 3.63) is 56.8 Å². The molecule has 2 heterocycles. The Kier molecular flexibility index (Phi) is 7.75. The molecule has 32 heavy (non-hydrogen) atoms. The molecule has 0 aromatic carbocycles. The molecule has 3 rings (SSSR count). The summed E-state index contributed by atoms with van der Waals surface area (Å²) in [6.45, 7) is 13.7. The Morgan fingerprint density at radius 3 is 2.47 bits per heavy atom. The fraction of sp³-hybridized carbons (Fsp3) is 0.577. The van der Waals surface area contributed by atoms with E-state index >= 15 is 0 Å². The van der Waals surface area contributed by atoms with Gasteiger partial charge in [-0.15, -0.1) is 0 Å². The van der Waals surface area contributed by atoms with Crippen LogP contribution in [0.1, 0.15) is 79.2 Å². The number of hydrogen-bond donors (Lipinski definition) is 2. The highest BCUT2D eigenvalue weighted by molar-refractivity contribution is 5.96. The predicted molar refractivity (Wildman–Crippen MR) is 130 cm³/mol. The van der Waals surface area contributed by atoms with Crippen molar-refractivity contribution in [1.29, 1.82) is 0 Å². The molecule has 1 fully saturated rings. The number of hydrogen-bond acceptors (Lipinski definition) is 4. The van der Waals surface area contributed by atoms with Crippen molar-refractivity contribution in [3.63, 3.8) is 0 Å². The van der Waals surface area contributed by atoms with Crippen molar-refractivity contribution in [3.8, 4) is 0 Å². The molecule has 6 heteroatoms. The van der Waals surface area contributed by atoms with E-state index in [9.17, 15) is 9.59 Å². The minimum atomic E-state index is -0.198. The summed E-state index contributed by atoms with van der Waals surface area (Å²) in [6.07, 6.45) is 8.40. The maximum absolute atomic E-state index is 13.0. The number of carbonyl (C=O) groups excluding carboxylic acids is 1. The Morgan fingerprint density at radius 2 is 1.88 bits per heavy atom. The molecule has 174 valence electrons. The van der Waals surface area contributed by atoms with E-state index in [1.54, 1.807) is 6.20 Å². The van der Waals surface area contributed by atoms with Gasteiger partial charge in [0.15, 0.2) is 0 Å². The number of pyridine rings is 2. The van der Waals surface area contributed by atoms with E-state index in [1.165, 1.54) is 25.7 Å². The van der Waals surface area contributed by atoms with Gasteiger partial charge in [0.1, 0.15) is 0 Å². The Labute approximate surface area is 191 Å². The zero-order valence-electron chi connectivity index (χ0n) is 20.4. The lowest BCUT2D eigenvalue weighted by molar-refractivity contribution is 0.0949. The van der Waals surface area contributed by atoms with Gasteiger partial charge < -0.3 is 15.2 Å². The summed E-state index contributed by atoms with van der Waals surface area (Å²) in [5.74, 6) is 1.36. The van der Waals surface area contributed by atoms with Crippen LogP contribution in [0.3, 0.4) is 0 Å². The number of aryl methyl sites for hydroxylation is 2. The number of H-pyrrole nitrogens is 1. The summed E-state index contributed by atoms with van der Waals surface area (Å²) >= 11 is 0. The molecule has 1 aliphatic rings. The smallest absolute Gasteiger partial charge is 0.253 e. The number of nitrogens with zero attached hydrogens (tertiary/aromatic N) is 2. The highest BCUT2D eigenvalue weighted by atomic mass is 16.1. The maximum atomic E-state index is 13.0. The van der Waals surface area contributed by atoms with Crippen LogP contribution in [0.25, 0.3) is 0 Å². The highest BCUT2D eigenvalue weighted by Crippen LogP contribution is 2.35. The van der Waals surface area contributed by atoms with Gasteiger partial charge in [0.2, 0.25) is 0 Å². The molecule has 0 spiro atoms. The lowest BCUT2D eigenvalue weighted by Crippen LogP contribution is -2.39. The molecule has 2 N–H and O–H groups in total. The van der Waals surface area contributed by atoms with Crippen LogP contribution in [0.15, 0.2) is 23.3 Å². The van der Waals surface area contributed by atoms with E-state index in [1.807, 2.05) is 33.0 Å². The molecular formula is C26H38N4O2. The van der Waals surface area contributed by atoms with Crippen LogP contribution >= 0.6 is 0 Å². The van der Waals surface area contributed by atoms with Gasteiger partial charge in [-0.1, -0.05) is 13.8 Å². The van der Waals surface area contributed by atoms with Crippen molar-refractivity contribution in [2.75, 3.05) is 11.4 Å². The molecule has 0 radical (unpaired) electrons. The fourth-order valence-corrected chi connectivity index (χ4v) is 5.10. The number of carbonyl (C=O) groups is 1. The average Bonchev–Trinajstić information content (AvgIpc) is 2.75. The molecule has 2 aromatic heterocycles. The molecule has 2 aromatic rings. The zero-order chi connectivity index (χ0) is 23.4. The molecule has 1 aliphatic carbocycles.